The fourth-order valence-electron chi connectivity index (χ4n) is 2.63. The molecule has 108 valence electrons. The summed E-state index contributed by atoms with van der Waals surface area (Å²) in [6.45, 7) is 4.92. The number of amides is 2. The zero-order valence-electron chi connectivity index (χ0n) is 11.9. The minimum atomic E-state index is -0.253. The van der Waals surface area contributed by atoms with E-state index in [2.05, 4.69) is 12.2 Å². The molecule has 2 amide bonds. The van der Waals surface area contributed by atoms with Gasteiger partial charge in [0, 0.05) is 19.0 Å². The summed E-state index contributed by atoms with van der Waals surface area (Å²) in [7, 11) is 0. The molecular formula is C14H24N2O2S. The van der Waals surface area contributed by atoms with Crippen molar-refractivity contribution in [2.75, 3.05) is 18.1 Å². The van der Waals surface area contributed by atoms with Gasteiger partial charge in [-0.1, -0.05) is 6.92 Å². The second-order valence-corrected chi connectivity index (χ2v) is 6.91. The van der Waals surface area contributed by atoms with Gasteiger partial charge in [0.25, 0.3) is 0 Å². The van der Waals surface area contributed by atoms with Crippen LogP contribution in [0.15, 0.2) is 0 Å². The fourth-order valence-corrected chi connectivity index (χ4v) is 3.25. The lowest BCUT2D eigenvalue weighted by atomic mass is 10.1. The summed E-state index contributed by atoms with van der Waals surface area (Å²) in [5.41, 5.74) is 0. The van der Waals surface area contributed by atoms with Crippen molar-refractivity contribution >= 4 is 23.6 Å². The van der Waals surface area contributed by atoms with E-state index in [9.17, 15) is 9.59 Å². The molecule has 2 atom stereocenters. The maximum atomic E-state index is 12.6. The Morgan fingerprint density at radius 3 is 2.74 bits per heavy atom. The van der Waals surface area contributed by atoms with E-state index in [1.54, 1.807) is 0 Å². The van der Waals surface area contributed by atoms with Crippen LogP contribution in [0.5, 0.6) is 0 Å². The molecule has 1 heterocycles. The predicted molar refractivity (Wildman–Crippen MR) is 78.1 cm³/mol. The van der Waals surface area contributed by atoms with Gasteiger partial charge in [-0.05, 0) is 43.6 Å². The van der Waals surface area contributed by atoms with Gasteiger partial charge in [-0.3, -0.25) is 9.59 Å². The molecule has 19 heavy (non-hydrogen) atoms. The molecule has 1 saturated carbocycles. The van der Waals surface area contributed by atoms with Gasteiger partial charge in [-0.15, -0.1) is 0 Å². The Morgan fingerprint density at radius 1 is 1.37 bits per heavy atom. The molecule has 5 heteroatoms. The molecule has 0 aromatic rings. The van der Waals surface area contributed by atoms with Crippen molar-refractivity contribution in [1.29, 1.82) is 0 Å². The van der Waals surface area contributed by atoms with E-state index >= 15 is 0 Å². The van der Waals surface area contributed by atoms with Crippen LogP contribution in [0.4, 0.5) is 0 Å². The number of thioether (sulfide) groups is 1. The summed E-state index contributed by atoms with van der Waals surface area (Å²) in [5.74, 6) is 2.76. The molecule has 1 saturated heterocycles. The third-order valence-corrected chi connectivity index (χ3v) is 4.85. The van der Waals surface area contributed by atoms with Crippen molar-refractivity contribution in [1.82, 2.24) is 10.2 Å². The van der Waals surface area contributed by atoms with E-state index in [4.69, 9.17) is 0 Å². The first-order chi connectivity index (χ1) is 9.13. The van der Waals surface area contributed by atoms with Crippen LogP contribution >= 0.6 is 11.8 Å². The number of hydrogen-bond donors (Lipinski definition) is 1. The van der Waals surface area contributed by atoms with Crippen molar-refractivity contribution in [3.63, 3.8) is 0 Å². The highest BCUT2D eigenvalue weighted by Gasteiger charge is 2.42. The predicted octanol–water partition coefficient (Wildman–Crippen LogP) is 1.65. The Hall–Kier alpha value is -0.710. The summed E-state index contributed by atoms with van der Waals surface area (Å²) < 4.78 is 0. The standard InChI is InChI=1S/C14H24N2O2S/c1-3-19-8-4-7-16-10(2)9-12(17)15-13(14(16)18)11-5-6-11/h10-11,13H,3-9H2,1-2H3,(H,15,17). The smallest absolute Gasteiger partial charge is 0.245 e. The summed E-state index contributed by atoms with van der Waals surface area (Å²) in [6.07, 6.45) is 3.60. The largest absolute Gasteiger partial charge is 0.344 e. The zero-order chi connectivity index (χ0) is 13.8. The number of hydrogen-bond acceptors (Lipinski definition) is 3. The van der Waals surface area contributed by atoms with Gasteiger partial charge in [0.15, 0.2) is 0 Å². The van der Waals surface area contributed by atoms with E-state index in [-0.39, 0.29) is 23.9 Å². The normalized spacial score (nSPS) is 28.2. The highest BCUT2D eigenvalue weighted by Crippen LogP contribution is 2.34. The topological polar surface area (TPSA) is 49.4 Å². The molecule has 1 aliphatic carbocycles. The highest BCUT2D eigenvalue weighted by molar-refractivity contribution is 7.99. The lowest BCUT2D eigenvalue weighted by molar-refractivity contribution is -0.135. The molecule has 0 aromatic heterocycles. The summed E-state index contributed by atoms with van der Waals surface area (Å²) in [6, 6.07) is -0.223. The van der Waals surface area contributed by atoms with Gasteiger partial charge in [-0.2, -0.15) is 11.8 Å². The third-order valence-electron chi connectivity index (χ3n) is 3.86. The average Bonchev–Trinajstić information content (AvgIpc) is 3.18. The van der Waals surface area contributed by atoms with Gasteiger partial charge in [-0.25, -0.2) is 0 Å². The van der Waals surface area contributed by atoms with Gasteiger partial charge >= 0.3 is 0 Å². The minimum absolute atomic E-state index is 0.0304. The van der Waals surface area contributed by atoms with Crippen LogP contribution < -0.4 is 5.32 Å². The molecule has 0 bridgehead atoms. The fraction of sp³-hybridized carbons (Fsp3) is 0.857. The van der Waals surface area contributed by atoms with Crippen molar-refractivity contribution < 1.29 is 9.59 Å². The van der Waals surface area contributed by atoms with Crippen LogP contribution in [0.2, 0.25) is 0 Å². The van der Waals surface area contributed by atoms with Crippen LogP contribution in [0.1, 0.15) is 39.5 Å². The first-order valence-corrected chi connectivity index (χ1v) is 8.46. The van der Waals surface area contributed by atoms with Crippen LogP contribution in [0.25, 0.3) is 0 Å². The average molecular weight is 284 g/mol. The van der Waals surface area contributed by atoms with Crippen molar-refractivity contribution in [2.24, 2.45) is 5.92 Å². The van der Waals surface area contributed by atoms with Crippen LogP contribution in [-0.4, -0.2) is 46.8 Å². The van der Waals surface area contributed by atoms with Crippen molar-refractivity contribution in [2.45, 2.75) is 51.6 Å². The van der Waals surface area contributed by atoms with Crippen LogP contribution in [0.3, 0.4) is 0 Å². The van der Waals surface area contributed by atoms with Crippen LogP contribution in [0, 0.1) is 5.92 Å². The molecule has 2 unspecified atom stereocenters. The molecule has 4 nitrogen and oxygen atoms in total. The van der Waals surface area contributed by atoms with E-state index in [0.29, 0.717) is 12.3 Å². The van der Waals surface area contributed by atoms with E-state index in [1.165, 1.54) is 0 Å². The molecule has 1 N–H and O–H groups in total. The van der Waals surface area contributed by atoms with Crippen molar-refractivity contribution in [3.05, 3.63) is 0 Å². The molecule has 0 spiro atoms. The third kappa shape index (κ3) is 3.88. The number of carbonyl (C=O) groups excluding carboxylic acids is 2. The molecular weight excluding hydrogens is 260 g/mol. The van der Waals surface area contributed by atoms with Crippen LogP contribution in [-0.2, 0) is 9.59 Å². The molecule has 0 radical (unpaired) electrons. The van der Waals surface area contributed by atoms with Crippen molar-refractivity contribution in [3.8, 4) is 0 Å². The SMILES string of the molecule is CCSCCCN1C(=O)C(C2CC2)NC(=O)CC1C. The summed E-state index contributed by atoms with van der Waals surface area (Å²) >= 11 is 1.90. The Bertz CT molecular complexity index is 344. The highest BCUT2D eigenvalue weighted by atomic mass is 32.2. The maximum absolute atomic E-state index is 12.6. The molecule has 1 aliphatic heterocycles. The van der Waals surface area contributed by atoms with Gasteiger partial charge in [0.05, 0.1) is 0 Å². The van der Waals surface area contributed by atoms with E-state index < -0.39 is 0 Å². The second-order valence-electron chi connectivity index (χ2n) is 5.52. The van der Waals surface area contributed by atoms with E-state index in [1.807, 2.05) is 23.6 Å². The summed E-state index contributed by atoms with van der Waals surface area (Å²) in [5, 5.41) is 2.92. The number of carbonyl (C=O) groups is 2. The Labute approximate surface area is 119 Å². The Balaban J connectivity index is 1.96. The zero-order valence-corrected chi connectivity index (χ0v) is 12.7. The molecule has 0 aromatic carbocycles. The minimum Gasteiger partial charge on any atom is -0.344 e. The lowest BCUT2D eigenvalue weighted by Gasteiger charge is -2.28. The van der Waals surface area contributed by atoms with Gasteiger partial charge in [0.2, 0.25) is 11.8 Å². The number of rotatable bonds is 6. The summed E-state index contributed by atoms with van der Waals surface area (Å²) in [4.78, 5) is 26.3. The van der Waals surface area contributed by atoms with Gasteiger partial charge < -0.3 is 10.2 Å². The number of nitrogens with zero attached hydrogens (tertiary/aromatic N) is 1. The Kier molecular flexibility index (Phi) is 5.13. The maximum Gasteiger partial charge on any atom is 0.245 e. The lowest BCUT2D eigenvalue weighted by Crippen LogP contribution is -2.47. The second kappa shape index (κ2) is 6.64. The monoisotopic (exact) mass is 284 g/mol. The van der Waals surface area contributed by atoms with E-state index in [0.717, 1.165) is 37.3 Å². The number of nitrogens with one attached hydrogen (secondary N) is 1. The quantitative estimate of drug-likeness (QED) is 0.755. The molecule has 2 fully saturated rings. The first-order valence-electron chi connectivity index (χ1n) is 7.31. The first kappa shape index (κ1) is 14.7. The Morgan fingerprint density at radius 2 is 2.11 bits per heavy atom. The van der Waals surface area contributed by atoms with Gasteiger partial charge in [0.1, 0.15) is 6.04 Å². The molecule has 2 aliphatic rings. The molecule has 2 rings (SSSR count).